The first-order chi connectivity index (χ1) is 20.7. The number of β-amino-alcohol motifs (C(OH)–C–C–N with tert-alkyl or cyclic N) is 1. The van der Waals surface area contributed by atoms with E-state index in [1.165, 1.54) is 11.0 Å². The van der Waals surface area contributed by atoms with E-state index in [1.54, 1.807) is 19.9 Å². The van der Waals surface area contributed by atoms with E-state index in [1.807, 2.05) is 43.3 Å². The van der Waals surface area contributed by atoms with Crippen LogP contribution in [0.4, 0.5) is 13.2 Å². The molecule has 1 aliphatic heterocycles. The highest BCUT2D eigenvalue weighted by Gasteiger charge is 2.35. The van der Waals surface area contributed by atoms with E-state index in [0.29, 0.717) is 16.7 Å². The molecular formula is C33H38F3N3O5. The van der Waals surface area contributed by atoms with Crippen molar-refractivity contribution in [3.05, 3.63) is 88.5 Å². The fraction of sp³-hybridized carbons (Fsp3) is 0.394. The van der Waals surface area contributed by atoms with Gasteiger partial charge in [-0.2, -0.15) is 13.2 Å². The van der Waals surface area contributed by atoms with Crippen molar-refractivity contribution in [3.8, 4) is 16.9 Å². The molecule has 5 N–H and O–H groups in total. The number of phenolic OH excluding ortho intramolecular Hbond substituents is 1. The number of aromatic hydroxyl groups is 1. The van der Waals surface area contributed by atoms with Crippen LogP contribution in [0.2, 0.25) is 0 Å². The number of halogens is 3. The molecule has 0 fully saturated rings. The molecular weight excluding hydrogens is 575 g/mol. The molecule has 8 nitrogen and oxygen atoms in total. The van der Waals surface area contributed by atoms with Crippen LogP contribution in [0.3, 0.4) is 0 Å². The van der Waals surface area contributed by atoms with Crippen molar-refractivity contribution in [1.29, 1.82) is 0 Å². The lowest BCUT2D eigenvalue weighted by Crippen LogP contribution is -2.51. The van der Waals surface area contributed by atoms with Crippen LogP contribution in [-0.4, -0.2) is 62.9 Å². The van der Waals surface area contributed by atoms with Gasteiger partial charge in [0.15, 0.2) is 0 Å². The molecule has 0 saturated carbocycles. The summed E-state index contributed by atoms with van der Waals surface area (Å²) in [5.41, 5.74) is 2.22. The van der Waals surface area contributed by atoms with Crippen LogP contribution in [0.25, 0.3) is 11.1 Å². The molecule has 0 saturated heterocycles. The summed E-state index contributed by atoms with van der Waals surface area (Å²) in [6, 6.07) is 15.1. The summed E-state index contributed by atoms with van der Waals surface area (Å²) >= 11 is 0. The Hall–Kier alpha value is -3.93. The van der Waals surface area contributed by atoms with Gasteiger partial charge in [0, 0.05) is 43.6 Å². The Morgan fingerprint density at radius 1 is 1.07 bits per heavy atom. The third-order valence-electron chi connectivity index (χ3n) is 7.77. The quantitative estimate of drug-likeness (QED) is 0.235. The van der Waals surface area contributed by atoms with Gasteiger partial charge in [-0.25, -0.2) is 0 Å². The Bertz CT molecular complexity index is 1490. The number of benzene rings is 3. The van der Waals surface area contributed by atoms with E-state index in [0.717, 1.165) is 28.8 Å². The minimum atomic E-state index is -4.56. The zero-order valence-corrected chi connectivity index (χ0v) is 24.9. The molecule has 1 heterocycles. The van der Waals surface area contributed by atoms with Gasteiger partial charge in [0.1, 0.15) is 11.8 Å². The average molecular weight is 614 g/mol. The molecule has 236 valence electrons. The summed E-state index contributed by atoms with van der Waals surface area (Å²) in [6.45, 7) is 5.07. The number of alkyl halides is 3. The second kappa shape index (κ2) is 13.4. The van der Waals surface area contributed by atoms with Crippen LogP contribution in [0.15, 0.2) is 60.7 Å². The monoisotopic (exact) mass is 613 g/mol. The number of phenols is 1. The molecule has 0 aromatic heterocycles. The van der Waals surface area contributed by atoms with Crippen molar-refractivity contribution < 1.29 is 38.1 Å². The number of nitrogens with zero attached hydrogens (tertiary/aromatic N) is 1. The van der Waals surface area contributed by atoms with Crippen LogP contribution in [0, 0.1) is 6.92 Å². The second-order valence-electron chi connectivity index (χ2n) is 11.9. The maximum atomic E-state index is 13.8. The lowest BCUT2D eigenvalue weighted by Gasteiger charge is -2.29. The number of fused-ring (bicyclic) bond motifs is 1. The third-order valence-corrected chi connectivity index (χ3v) is 7.77. The summed E-state index contributed by atoms with van der Waals surface area (Å²) in [5.74, 6) is -0.735. The van der Waals surface area contributed by atoms with Crippen molar-refractivity contribution >= 4 is 11.8 Å². The summed E-state index contributed by atoms with van der Waals surface area (Å²) in [7, 11) is 0. The van der Waals surface area contributed by atoms with Gasteiger partial charge in [0.25, 0.3) is 0 Å². The Labute approximate surface area is 254 Å². The van der Waals surface area contributed by atoms with Gasteiger partial charge >= 0.3 is 6.18 Å². The van der Waals surface area contributed by atoms with Gasteiger partial charge in [-0.1, -0.05) is 48.5 Å². The van der Waals surface area contributed by atoms with Crippen LogP contribution < -0.4 is 10.6 Å². The predicted molar refractivity (Wildman–Crippen MR) is 159 cm³/mol. The fourth-order valence-corrected chi connectivity index (χ4v) is 5.27. The van der Waals surface area contributed by atoms with E-state index >= 15 is 0 Å². The average Bonchev–Trinajstić information content (AvgIpc) is 3.08. The van der Waals surface area contributed by atoms with Gasteiger partial charge in [0.05, 0.1) is 18.3 Å². The lowest BCUT2D eigenvalue weighted by atomic mass is 9.97. The Kier molecular flexibility index (Phi) is 10.0. The number of para-hydroxylation sites is 1. The summed E-state index contributed by atoms with van der Waals surface area (Å²) in [5, 5.41) is 34.9. The largest absolute Gasteiger partial charge is 0.507 e. The Morgan fingerprint density at radius 2 is 1.77 bits per heavy atom. The molecule has 4 rings (SSSR count). The third kappa shape index (κ3) is 8.16. The number of aliphatic hydroxyl groups excluding tert-OH is 2. The Morgan fingerprint density at radius 3 is 2.43 bits per heavy atom. The van der Waals surface area contributed by atoms with Crippen molar-refractivity contribution in [1.82, 2.24) is 15.5 Å². The van der Waals surface area contributed by atoms with Crippen LogP contribution in [0.1, 0.15) is 48.1 Å². The van der Waals surface area contributed by atoms with Crippen molar-refractivity contribution in [2.45, 2.75) is 70.6 Å². The highest BCUT2D eigenvalue weighted by atomic mass is 19.4. The Balaban J connectivity index is 1.58. The molecule has 2 amide bonds. The zero-order chi connectivity index (χ0) is 32.2. The standard InChI is InChI=1S/C33H38F3N3O5/c1-20-5-4-6-27(30(20)43)22-9-7-21(8-10-22)17-39-18-23-11-12-25(33(34,35)36)13-24(23)14-28(31(39)44)38-29(42)15-32(2,3)37-16-26(41)19-40/h4-13,26,28,37,40-41,43H,14-19H2,1-3H3,(H,38,42)/t26-,28+/m0/s1. The fourth-order valence-electron chi connectivity index (χ4n) is 5.27. The van der Waals surface area contributed by atoms with Crippen LogP contribution >= 0.6 is 0 Å². The maximum Gasteiger partial charge on any atom is 0.416 e. The number of amides is 2. The van der Waals surface area contributed by atoms with Crippen molar-refractivity contribution in [3.63, 3.8) is 0 Å². The number of hydrogen-bond acceptors (Lipinski definition) is 6. The smallest absolute Gasteiger partial charge is 0.416 e. The lowest BCUT2D eigenvalue weighted by molar-refractivity contribution is -0.137. The molecule has 3 aromatic rings. The van der Waals surface area contributed by atoms with Crippen molar-refractivity contribution in [2.24, 2.45) is 0 Å². The van der Waals surface area contributed by atoms with Gasteiger partial charge in [-0.05, 0) is 60.7 Å². The van der Waals surface area contributed by atoms with Gasteiger partial charge < -0.3 is 30.9 Å². The van der Waals surface area contributed by atoms with E-state index < -0.39 is 47.8 Å². The summed E-state index contributed by atoms with van der Waals surface area (Å²) < 4.78 is 40.6. The SMILES string of the molecule is Cc1cccc(-c2ccc(CN3Cc4ccc(C(F)(F)F)cc4C[C@@H](NC(=O)CC(C)(C)NC[C@H](O)CO)C3=O)cc2)c1O. The number of aliphatic hydroxyl groups is 2. The molecule has 3 aromatic carbocycles. The minimum absolute atomic E-state index is 0.0444. The zero-order valence-electron chi connectivity index (χ0n) is 24.9. The number of rotatable bonds is 10. The molecule has 0 aliphatic carbocycles. The molecule has 0 unspecified atom stereocenters. The van der Waals surface area contributed by atoms with Crippen molar-refractivity contribution in [2.75, 3.05) is 13.2 Å². The van der Waals surface area contributed by atoms with Gasteiger partial charge in [0.2, 0.25) is 11.8 Å². The molecule has 0 spiro atoms. The highest BCUT2D eigenvalue weighted by Crippen LogP contribution is 2.34. The van der Waals surface area contributed by atoms with E-state index in [9.17, 15) is 33.0 Å². The number of carbonyl (C=O) groups is 2. The maximum absolute atomic E-state index is 13.8. The number of aryl methyl sites for hydroxylation is 1. The van der Waals surface area contributed by atoms with E-state index in [-0.39, 0.29) is 38.2 Å². The molecule has 1 aliphatic rings. The summed E-state index contributed by atoms with van der Waals surface area (Å²) in [6.07, 6.45) is -5.77. The van der Waals surface area contributed by atoms with Crippen LogP contribution in [0.5, 0.6) is 5.75 Å². The molecule has 44 heavy (non-hydrogen) atoms. The molecule has 0 radical (unpaired) electrons. The van der Waals surface area contributed by atoms with E-state index in [2.05, 4.69) is 10.6 Å². The first-order valence-electron chi connectivity index (χ1n) is 14.4. The first-order valence-corrected chi connectivity index (χ1v) is 14.4. The molecule has 11 heteroatoms. The van der Waals surface area contributed by atoms with Gasteiger partial charge in [-0.15, -0.1) is 0 Å². The number of hydrogen-bond donors (Lipinski definition) is 5. The predicted octanol–water partition coefficient (Wildman–Crippen LogP) is 4.07. The molecule has 2 atom stereocenters. The van der Waals surface area contributed by atoms with E-state index in [4.69, 9.17) is 5.11 Å². The van der Waals surface area contributed by atoms with Crippen LogP contribution in [-0.2, 0) is 35.3 Å². The number of nitrogens with one attached hydrogen (secondary N) is 2. The minimum Gasteiger partial charge on any atom is -0.507 e. The topological polar surface area (TPSA) is 122 Å². The van der Waals surface area contributed by atoms with Gasteiger partial charge in [-0.3, -0.25) is 9.59 Å². The normalized spacial score (nSPS) is 16.3. The second-order valence-corrected chi connectivity index (χ2v) is 11.9. The number of carbonyl (C=O) groups excluding carboxylic acids is 2. The first kappa shape index (κ1) is 33.0. The molecule has 0 bridgehead atoms. The summed E-state index contributed by atoms with van der Waals surface area (Å²) in [4.78, 5) is 28.4. The highest BCUT2D eigenvalue weighted by molar-refractivity contribution is 5.89.